The van der Waals surface area contributed by atoms with Crippen molar-refractivity contribution in [2.75, 3.05) is 26.2 Å². The minimum absolute atomic E-state index is 0.186. The summed E-state index contributed by atoms with van der Waals surface area (Å²) in [6, 6.07) is 2.09. The third-order valence-corrected chi connectivity index (χ3v) is 1.50. The van der Waals surface area contributed by atoms with Crippen LogP contribution in [-0.4, -0.2) is 36.2 Å². The lowest BCUT2D eigenvalue weighted by Crippen LogP contribution is -2.28. The summed E-state index contributed by atoms with van der Waals surface area (Å²) in [5, 5.41) is 17.0. The first kappa shape index (κ1) is 10.4. The van der Waals surface area contributed by atoms with Crippen LogP contribution in [0.15, 0.2) is 0 Å². The lowest BCUT2D eigenvalue weighted by Gasteiger charge is -2.18. The number of rotatable bonds is 6. The fourth-order valence-electron chi connectivity index (χ4n) is 1.00. The second-order valence-corrected chi connectivity index (χ2v) is 2.47. The first-order valence-electron chi connectivity index (χ1n) is 4.05. The molecule has 0 bridgehead atoms. The highest BCUT2D eigenvalue weighted by Gasteiger charge is 2.00. The molecule has 0 aliphatic rings. The zero-order chi connectivity index (χ0) is 8.53. The minimum Gasteiger partial charge on any atom is -0.395 e. The predicted octanol–water partition coefficient (Wildman–Crippen LogP) is 0.604. The Labute approximate surface area is 68.2 Å². The molecule has 0 amide bonds. The van der Waals surface area contributed by atoms with Crippen molar-refractivity contribution in [3.05, 3.63) is 0 Å². The van der Waals surface area contributed by atoms with Gasteiger partial charge >= 0.3 is 0 Å². The number of hydrogen-bond donors (Lipinski definition) is 1. The quantitative estimate of drug-likeness (QED) is 0.612. The molecule has 0 rings (SSSR count). The SMILES string of the molecule is CCCN(CCO)CCC#N. The molecule has 0 spiro atoms. The highest BCUT2D eigenvalue weighted by Crippen LogP contribution is 1.92. The van der Waals surface area contributed by atoms with Gasteiger partial charge in [0.25, 0.3) is 0 Å². The van der Waals surface area contributed by atoms with Gasteiger partial charge in [0.05, 0.1) is 12.7 Å². The molecule has 0 aromatic heterocycles. The van der Waals surface area contributed by atoms with Gasteiger partial charge in [-0.2, -0.15) is 5.26 Å². The summed E-state index contributed by atoms with van der Waals surface area (Å²) >= 11 is 0. The average Bonchev–Trinajstić information content (AvgIpc) is 2.01. The van der Waals surface area contributed by atoms with Crippen molar-refractivity contribution >= 4 is 0 Å². The zero-order valence-corrected chi connectivity index (χ0v) is 7.08. The van der Waals surface area contributed by atoms with Gasteiger partial charge in [-0.05, 0) is 13.0 Å². The molecule has 0 heterocycles. The van der Waals surface area contributed by atoms with Gasteiger partial charge in [0.15, 0.2) is 0 Å². The van der Waals surface area contributed by atoms with Gasteiger partial charge in [-0.15, -0.1) is 0 Å². The number of aliphatic hydroxyl groups is 1. The standard InChI is InChI=1S/C8H16N2O/c1-2-5-10(7-8-11)6-3-4-9/h11H,2-3,5-8H2,1H3. The molecule has 0 atom stereocenters. The molecule has 1 N–H and O–H groups in total. The summed E-state index contributed by atoms with van der Waals surface area (Å²) in [6.45, 7) is 4.73. The molecule has 3 heteroatoms. The summed E-state index contributed by atoms with van der Waals surface area (Å²) < 4.78 is 0. The van der Waals surface area contributed by atoms with Crippen LogP contribution in [0.5, 0.6) is 0 Å². The Kier molecular flexibility index (Phi) is 7.11. The summed E-state index contributed by atoms with van der Waals surface area (Å²) in [5.74, 6) is 0. The van der Waals surface area contributed by atoms with E-state index in [1.165, 1.54) is 0 Å². The summed E-state index contributed by atoms with van der Waals surface area (Å²) in [6.07, 6.45) is 1.63. The number of hydrogen-bond acceptors (Lipinski definition) is 3. The monoisotopic (exact) mass is 156 g/mol. The molecular formula is C8H16N2O. The first-order valence-corrected chi connectivity index (χ1v) is 4.05. The third kappa shape index (κ3) is 5.84. The maximum absolute atomic E-state index is 8.64. The van der Waals surface area contributed by atoms with Gasteiger partial charge in [0.2, 0.25) is 0 Å². The Balaban J connectivity index is 3.44. The van der Waals surface area contributed by atoms with Crippen LogP contribution in [0.1, 0.15) is 19.8 Å². The van der Waals surface area contributed by atoms with E-state index in [1.807, 2.05) is 0 Å². The highest BCUT2D eigenvalue weighted by molar-refractivity contribution is 4.71. The van der Waals surface area contributed by atoms with Crippen molar-refractivity contribution in [2.45, 2.75) is 19.8 Å². The van der Waals surface area contributed by atoms with E-state index < -0.39 is 0 Å². The lowest BCUT2D eigenvalue weighted by atomic mass is 10.3. The molecule has 3 nitrogen and oxygen atoms in total. The van der Waals surface area contributed by atoms with Crippen LogP contribution in [0.25, 0.3) is 0 Å². The van der Waals surface area contributed by atoms with Crippen LogP contribution in [-0.2, 0) is 0 Å². The smallest absolute Gasteiger partial charge is 0.0635 e. The summed E-state index contributed by atoms with van der Waals surface area (Å²) in [7, 11) is 0. The largest absolute Gasteiger partial charge is 0.395 e. The van der Waals surface area contributed by atoms with Gasteiger partial charge in [0.1, 0.15) is 0 Å². The van der Waals surface area contributed by atoms with E-state index in [9.17, 15) is 0 Å². The van der Waals surface area contributed by atoms with E-state index in [-0.39, 0.29) is 6.61 Å². The van der Waals surface area contributed by atoms with Crippen molar-refractivity contribution in [1.82, 2.24) is 4.90 Å². The normalized spacial score (nSPS) is 10.0. The number of nitrogens with zero attached hydrogens (tertiary/aromatic N) is 2. The van der Waals surface area contributed by atoms with E-state index in [4.69, 9.17) is 10.4 Å². The third-order valence-electron chi connectivity index (χ3n) is 1.50. The van der Waals surface area contributed by atoms with E-state index in [0.29, 0.717) is 13.0 Å². The highest BCUT2D eigenvalue weighted by atomic mass is 16.3. The molecule has 0 aromatic carbocycles. The van der Waals surface area contributed by atoms with Crippen LogP contribution in [0.4, 0.5) is 0 Å². The molecule has 0 saturated carbocycles. The fraction of sp³-hybridized carbons (Fsp3) is 0.875. The van der Waals surface area contributed by atoms with Gasteiger partial charge in [-0.3, -0.25) is 0 Å². The van der Waals surface area contributed by atoms with E-state index in [2.05, 4.69) is 17.9 Å². The van der Waals surface area contributed by atoms with Crippen LogP contribution in [0, 0.1) is 11.3 Å². The van der Waals surface area contributed by atoms with E-state index in [1.54, 1.807) is 0 Å². The second kappa shape index (κ2) is 7.52. The molecule has 0 radical (unpaired) electrons. The summed E-state index contributed by atoms with van der Waals surface area (Å²) in [4.78, 5) is 2.10. The van der Waals surface area contributed by atoms with E-state index in [0.717, 1.165) is 19.5 Å². The fourth-order valence-corrected chi connectivity index (χ4v) is 1.00. The van der Waals surface area contributed by atoms with Crippen LogP contribution < -0.4 is 0 Å². The predicted molar refractivity (Wildman–Crippen MR) is 44.0 cm³/mol. The van der Waals surface area contributed by atoms with Crippen molar-refractivity contribution in [2.24, 2.45) is 0 Å². The first-order chi connectivity index (χ1) is 5.35. The molecule has 64 valence electrons. The number of nitriles is 1. The molecular weight excluding hydrogens is 140 g/mol. The van der Waals surface area contributed by atoms with Gasteiger partial charge in [-0.1, -0.05) is 6.92 Å². The maximum atomic E-state index is 8.64. The molecule has 11 heavy (non-hydrogen) atoms. The van der Waals surface area contributed by atoms with Gasteiger partial charge < -0.3 is 10.0 Å². The average molecular weight is 156 g/mol. The molecule has 0 fully saturated rings. The Morgan fingerprint density at radius 2 is 2.09 bits per heavy atom. The van der Waals surface area contributed by atoms with Crippen LogP contribution in [0.3, 0.4) is 0 Å². The number of aliphatic hydroxyl groups excluding tert-OH is 1. The van der Waals surface area contributed by atoms with E-state index >= 15 is 0 Å². The van der Waals surface area contributed by atoms with Crippen molar-refractivity contribution in [3.63, 3.8) is 0 Å². The molecule has 0 unspecified atom stereocenters. The zero-order valence-electron chi connectivity index (χ0n) is 7.08. The second-order valence-electron chi connectivity index (χ2n) is 2.47. The molecule has 0 aliphatic heterocycles. The van der Waals surface area contributed by atoms with Crippen molar-refractivity contribution in [1.29, 1.82) is 5.26 Å². The van der Waals surface area contributed by atoms with Crippen molar-refractivity contribution < 1.29 is 5.11 Å². The molecule has 0 saturated heterocycles. The Morgan fingerprint density at radius 3 is 2.55 bits per heavy atom. The Morgan fingerprint density at radius 1 is 1.36 bits per heavy atom. The van der Waals surface area contributed by atoms with Crippen molar-refractivity contribution in [3.8, 4) is 6.07 Å². The minimum atomic E-state index is 0.186. The van der Waals surface area contributed by atoms with Crippen LogP contribution in [0.2, 0.25) is 0 Å². The Hall–Kier alpha value is -0.590. The van der Waals surface area contributed by atoms with Gasteiger partial charge in [-0.25, -0.2) is 0 Å². The molecule has 0 aromatic rings. The van der Waals surface area contributed by atoms with Crippen LogP contribution >= 0.6 is 0 Å². The lowest BCUT2D eigenvalue weighted by molar-refractivity contribution is 0.198. The maximum Gasteiger partial charge on any atom is 0.0635 e. The topological polar surface area (TPSA) is 47.3 Å². The summed E-state index contributed by atoms with van der Waals surface area (Å²) in [5.41, 5.74) is 0. The van der Waals surface area contributed by atoms with Gasteiger partial charge in [0, 0.05) is 19.5 Å². The molecule has 0 aliphatic carbocycles. The Bertz CT molecular complexity index is 114.